The van der Waals surface area contributed by atoms with Gasteiger partial charge < -0.3 is 15.0 Å². The highest BCUT2D eigenvalue weighted by Crippen LogP contribution is 2.38. The van der Waals surface area contributed by atoms with Gasteiger partial charge in [-0.05, 0) is 43.5 Å². The average Bonchev–Trinajstić information content (AvgIpc) is 2.96. The van der Waals surface area contributed by atoms with Crippen molar-refractivity contribution in [1.29, 1.82) is 0 Å². The summed E-state index contributed by atoms with van der Waals surface area (Å²) >= 11 is 0. The van der Waals surface area contributed by atoms with Crippen LogP contribution in [-0.2, 0) is 16.1 Å². The molecule has 1 aliphatic carbocycles. The van der Waals surface area contributed by atoms with E-state index in [0.717, 1.165) is 57.6 Å². The first-order valence-corrected chi connectivity index (χ1v) is 10.7. The SMILES string of the molecule is C[C@@H]1CCCC[C@]12NC(=O)N(CN(C)Cc1ccc(N3CCOCC3)cc1)C2=O. The Hall–Kier alpha value is -2.12. The van der Waals surface area contributed by atoms with Crippen molar-refractivity contribution in [2.45, 2.75) is 44.7 Å². The number of rotatable bonds is 5. The monoisotopic (exact) mass is 400 g/mol. The molecule has 1 saturated carbocycles. The lowest BCUT2D eigenvalue weighted by Crippen LogP contribution is -2.54. The van der Waals surface area contributed by atoms with Crippen LogP contribution in [0.25, 0.3) is 0 Å². The second-order valence-corrected chi connectivity index (χ2v) is 8.70. The van der Waals surface area contributed by atoms with Crippen molar-refractivity contribution in [3.05, 3.63) is 29.8 Å². The third-order valence-corrected chi connectivity index (χ3v) is 6.65. The molecule has 3 fully saturated rings. The summed E-state index contributed by atoms with van der Waals surface area (Å²) in [4.78, 5) is 31.4. The van der Waals surface area contributed by atoms with Crippen molar-refractivity contribution in [2.24, 2.45) is 5.92 Å². The highest BCUT2D eigenvalue weighted by atomic mass is 16.5. The molecule has 7 nitrogen and oxygen atoms in total. The first-order valence-electron chi connectivity index (χ1n) is 10.7. The average molecular weight is 401 g/mol. The maximum atomic E-state index is 13.1. The minimum Gasteiger partial charge on any atom is -0.378 e. The van der Waals surface area contributed by atoms with Gasteiger partial charge in [-0.25, -0.2) is 9.69 Å². The number of carbonyl (C=O) groups is 2. The van der Waals surface area contributed by atoms with Gasteiger partial charge in [0.2, 0.25) is 0 Å². The molecular weight excluding hydrogens is 368 g/mol. The fraction of sp³-hybridized carbons (Fsp3) is 0.636. The number of amides is 3. The van der Waals surface area contributed by atoms with Gasteiger partial charge in [-0.3, -0.25) is 9.69 Å². The molecule has 3 aliphatic rings. The van der Waals surface area contributed by atoms with E-state index in [9.17, 15) is 9.59 Å². The van der Waals surface area contributed by atoms with Gasteiger partial charge >= 0.3 is 6.03 Å². The number of morpholine rings is 1. The summed E-state index contributed by atoms with van der Waals surface area (Å²) in [7, 11) is 1.95. The van der Waals surface area contributed by atoms with Gasteiger partial charge in [0, 0.05) is 25.3 Å². The second kappa shape index (κ2) is 8.32. The summed E-state index contributed by atoms with van der Waals surface area (Å²) in [5, 5.41) is 3.03. The van der Waals surface area contributed by atoms with Crippen LogP contribution in [0.5, 0.6) is 0 Å². The normalized spacial score (nSPS) is 27.8. The Labute approximate surface area is 173 Å². The zero-order valence-electron chi connectivity index (χ0n) is 17.5. The number of carbonyl (C=O) groups excluding carboxylic acids is 2. The number of imide groups is 1. The van der Waals surface area contributed by atoms with Crippen LogP contribution in [0.2, 0.25) is 0 Å². The van der Waals surface area contributed by atoms with Crippen molar-refractivity contribution in [3.8, 4) is 0 Å². The lowest BCUT2D eigenvalue weighted by atomic mass is 9.73. The third-order valence-electron chi connectivity index (χ3n) is 6.65. The van der Waals surface area contributed by atoms with Crippen molar-refractivity contribution < 1.29 is 14.3 Å². The van der Waals surface area contributed by atoms with Crippen LogP contribution in [0.15, 0.2) is 24.3 Å². The van der Waals surface area contributed by atoms with Gasteiger partial charge in [-0.1, -0.05) is 31.9 Å². The van der Waals surface area contributed by atoms with E-state index in [0.29, 0.717) is 13.2 Å². The molecule has 0 bridgehead atoms. The molecule has 0 unspecified atom stereocenters. The van der Waals surface area contributed by atoms with Gasteiger partial charge in [0.05, 0.1) is 19.9 Å². The summed E-state index contributed by atoms with van der Waals surface area (Å²) in [6, 6.07) is 8.27. The topological polar surface area (TPSA) is 65.1 Å². The van der Waals surface area contributed by atoms with Crippen molar-refractivity contribution in [2.75, 3.05) is 44.9 Å². The molecule has 2 aliphatic heterocycles. The fourth-order valence-electron chi connectivity index (χ4n) is 4.86. The van der Waals surface area contributed by atoms with Gasteiger partial charge in [0.25, 0.3) is 5.91 Å². The fourth-order valence-corrected chi connectivity index (χ4v) is 4.86. The van der Waals surface area contributed by atoms with E-state index in [-0.39, 0.29) is 17.9 Å². The molecule has 2 atom stereocenters. The number of nitrogens with one attached hydrogen (secondary N) is 1. The molecular formula is C22H32N4O3. The van der Waals surface area contributed by atoms with Gasteiger partial charge in [-0.2, -0.15) is 0 Å². The van der Waals surface area contributed by atoms with Crippen LogP contribution >= 0.6 is 0 Å². The van der Waals surface area contributed by atoms with E-state index >= 15 is 0 Å². The molecule has 2 saturated heterocycles. The quantitative estimate of drug-likeness (QED) is 0.769. The number of benzene rings is 1. The van der Waals surface area contributed by atoms with Gasteiger partial charge in [0.1, 0.15) is 5.54 Å². The third kappa shape index (κ3) is 3.98. The molecule has 1 spiro atoms. The number of hydrogen-bond donors (Lipinski definition) is 1. The van der Waals surface area contributed by atoms with Gasteiger partial charge in [0.15, 0.2) is 0 Å². The summed E-state index contributed by atoms with van der Waals surface area (Å²) < 4.78 is 5.41. The number of urea groups is 1. The second-order valence-electron chi connectivity index (χ2n) is 8.70. The van der Waals surface area contributed by atoms with E-state index in [4.69, 9.17) is 4.74 Å². The molecule has 0 aromatic heterocycles. The minimum absolute atomic E-state index is 0.0517. The van der Waals surface area contributed by atoms with Crippen LogP contribution in [-0.4, -0.2) is 67.3 Å². The summed E-state index contributed by atoms with van der Waals surface area (Å²) in [6.07, 6.45) is 3.87. The van der Waals surface area contributed by atoms with Gasteiger partial charge in [-0.15, -0.1) is 0 Å². The molecule has 1 aromatic carbocycles. The highest BCUT2D eigenvalue weighted by molar-refractivity contribution is 6.07. The Morgan fingerprint density at radius 1 is 1.17 bits per heavy atom. The highest BCUT2D eigenvalue weighted by Gasteiger charge is 2.54. The molecule has 158 valence electrons. The summed E-state index contributed by atoms with van der Waals surface area (Å²) in [5.41, 5.74) is 1.69. The summed E-state index contributed by atoms with van der Waals surface area (Å²) in [5.74, 6) is 0.139. The molecule has 3 amide bonds. The molecule has 1 aromatic rings. The number of anilines is 1. The lowest BCUT2D eigenvalue weighted by Gasteiger charge is -2.37. The summed E-state index contributed by atoms with van der Waals surface area (Å²) in [6.45, 7) is 6.47. The standard InChI is InChI=1S/C22H32N4O3/c1-17-5-3-4-10-22(17)20(27)26(21(28)23-22)16-24(2)15-18-6-8-19(9-7-18)25-11-13-29-14-12-25/h6-9,17H,3-5,10-16H2,1-2H3,(H,23,28)/t17-,22+/m1/s1. The van der Waals surface area contributed by atoms with E-state index in [1.54, 1.807) is 0 Å². The lowest BCUT2D eigenvalue weighted by molar-refractivity contribution is -0.135. The smallest absolute Gasteiger partial charge is 0.326 e. The van der Waals surface area contributed by atoms with E-state index in [2.05, 4.69) is 41.4 Å². The first kappa shape index (κ1) is 20.2. The zero-order chi connectivity index (χ0) is 20.4. The Balaban J connectivity index is 1.36. The van der Waals surface area contributed by atoms with Crippen LogP contribution in [0, 0.1) is 5.92 Å². The van der Waals surface area contributed by atoms with Crippen LogP contribution in [0.4, 0.5) is 10.5 Å². The number of nitrogens with zero attached hydrogens (tertiary/aromatic N) is 3. The van der Waals surface area contributed by atoms with Crippen molar-refractivity contribution in [3.63, 3.8) is 0 Å². The Morgan fingerprint density at radius 2 is 1.90 bits per heavy atom. The Bertz CT molecular complexity index is 747. The Kier molecular flexibility index (Phi) is 5.79. The van der Waals surface area contributed by atoms with Crippen LogP contribution < -0.4 is 10.2 Å². The van der Waals surface area contributed by atoms with E-state index in [1.165, 1.54) is 10.6 Å². The first-order chi connectivity index (χ1) is 14.0. The number of ether oxygens (including phenoxy) is 1. The molecule has 0 radical (unpaired) electrons. The number of hydrogen-bond acceptors (Lipinski definition) is 5. The molecule has 29 heavy (non-hydrogen) atoms. The van der Waals surface area contributed by atoms with Crippen molar-refractivity contribution in [1.82, 2.24) is 15.1 Å². The molecule has 2 heterocycles. The molecule has 7 heteroatoms. The minimum atomic E-state index is -0.685. The predicted octanol–water partition coefficient (Wildman–Crippen LogP) is 2.41. The van der Waals surface area contributed by atoms with Crippen LogP contribution in [0.3, 0.4) is 0 Å². The van der Waals surface area contributed by atoms with E-state index in [1.807, 2.05) is 11.9 Å². The van der Waals surface area contributed by atoms with Crippen LogP contribution in [0.1, 0.15) is 38.2 Å². The maximum absolute atomic E-state index is 13.1. The molecule has 1 N–H and O–H groups in total. The largest absolute Gasteiger partial charge is 0.378 e. The molecule has 4 rings (SSSR count). The maximum Gasteiger partial charge on any atom is 0.326 e. The zero-order valence-corrected chi connectivity index (χ0v) is 17.5. The predicted molar refractivity (Wildman–Crippen MR) is 112 cm³/mol. The Morgan fingerprint density at radius 3 is 2.59 bits per heavy atom. The van der Waals surface area contributed by atoms with Crippen molar-refractivity contribution >= 4 is 17.6 Å². The van der Waals surface area contributed by atoms with E-state index < -0.39 is 5.54 Å².